The Labute approximate surface area is 288 Å². The van der Waals surface area contributed by atoms with Crippen LogP contribution in [0.5, 0.6) is 5.88 Å². The molecule has 0 unspecified atom stereocenters. The number of aromatic nitrogens is 5. The van der Waals surface area contributed by atoms with Gasteiger partial charge in [-0.1, -0.05) is 48.0 Å². The Bertz CT molecular complexity index is 2270. The lowest BCUT2D eigenvalue weighted by Crippen LogP contribution is -2.38. The monoisotopic (exact) mass is 708 g/mol. The Morgan fingerprint density at radius 2 is 1.70 bits per heavy atom. The molecule has 3 N–H and O–H groups in total. The van der Waals surface area contributed by atoms with E-state index >= 15 is 0 Å². The number of ether oxygens (including phenoxy) is 1. The Morgan fingerprint density at radius 1 is 0.980 bits per heavy atom. The summed E-state index contributed by atoms with van der Waals surface area (Å²) in [5, 5.41) is 9.26. The second-order valence-corrected chi connectivity index (χ2v) is 12.2. The number of hydrogen-bond donors (Lipinski definition) is 3. The van der Waals surface area contributed by atoms with Crippen LogP contribution in [0.25, 0.3) is 33.4 Å². The summed E-state index contributed by atoms with van der Waals surface area (Å²) in [4.78, 5) is 49.1. The zero-order valence-electron chi connectivity index (χ0n) is 27.4. The number of rotatable bonds is 9. The minimum Gasteiger partial charge on any atom is -0.481 e. The van der Waals surface area contributed by atoms with Gasteiger partial charge in [-0.25, -0.2) is 19.7 Å². The number of fused-ring (bicyclic) bond motifs is 1. The third-order valence-electron chi connectivity index (χ3n) is 8.63. The van der Waals surface area contributed by atoms with Crippen LogP contribution in [0.2, 0.25) is 5.02 Å². The van der Waals surface area contributed by atoms with Crippen molar-refractivity contribution >= 4 is 40.0 Å². The number of halogens is 4. The van der Waals surface area contributed by atoms with E-state index in [1.807, 2.05) is 36.4 Å². The summed E-state index contributed by atoms with van der Waals surface area (Å²) in [6, 6.07) is 14.4. The fraction of sp³-hybridized carbons (Fsp3) is 0.294. The van der Waals surface area contributed by atoms with Crippen LogP contribution in [0.3, 0.4) is 0 Å². The minimum absolute atomic E-state index is 0.0535. The molecule has 0 spiro atoms. The van der Waals surface area contributed by atoms with Crippen molar-refractivity contribution in [2.75, 3.05) is 19.0 Å². The van der Waals surface area contributed by atoms with Gasteiger partial charge < -0.3 is 20.7 Å². The van der Waals surface area contributed by atoms with E-state index < -0.39 is 34.7 Å². The second-order valence-electron chi connectivity index (χ2n) is 11.9. The van der Waals surface area contributed by atoms with Crippen molar-refractivity contribution in [3.05, 3.63) is 91.3 Å². The zero-order valence-corrected chi connectivity index (χ0v) is 28.2. The van der Waals surface area contributed by atoms with E-state index in [4.69, 9.17) is 21.3 Å². The van der Waals surface area contributed by atoms with Crippen molar-refractivity contribution in [2.45, 2.75) is 38.5 Å². The molecule has 1 aliphatic rings. The maximum Gasteiger partial charge on any atom is 0.451 e. The molecular weight excluding hydrogens is 677 g/mol. The van der Waals surface area contributed by atoms with Gasteiger partial charge in [0.25, 0.3) is 5.56 Å². The van der Waals surface area contributed by atoms with Crippen LogP contribution in [0.1, 0.15) is 29.8 Å². The first-order valence-electron chi connectivity index (χ1n) is 15.5. The molecule has 50 heavy (non-hydrogen) atoms. The number of methoxy groups -OCH3 is 1. The third kappa shape index (κ3) is 6.53. The quantitative estimate of drug-likeness (QED) is 0.196. The molecular formula is C34H32ClF3N8O4. The largest absolute Gasteiger partial charge is 0.481 e. The number of anilines is 2. The van der Waals surface area contributed by atoms with E-state index in [1.165, 1.54) is 21.2 Å². The molecule has 0 radical (unpaired) electrons. The second kappa shape index (κ2) is 13.6. The molecule has 1 fully saturated rings. The molecule has 0 bridgehead atoms. The predicted molar refractivity (Wildman–Crippen MR) is 183 cm³/mol. The first-order valence-corrected chi connectivity index (χ1v) is 15.9. The molecule has 5 aromatic rings. The van der Waals surface area contributed by atoms with Crippen LogP contribution in [0.15, 0.2) is 58.1 Å². The Kier molecular flexibility index (Phi) is 9.37. The Balaban J connectivity index is 1.34. The van der Waals surface area contributed by atoms with Crippen molar-refractivity contribution in [3.8, 4) is 28.3 Å². The van der Waals surface area contributed by atoms with E-state index in [0.29, 0.717) is 64.0 Å². The lowest BCUT2D eigenvalue weighted by atomic mass is 9.96. The summed E-state index contributed by atoms with van der Waals surface area (Å²) in [7, 11) is 3.98. The van der Waals surface area contributed by atoms with Gasteiger partial charge in [0.1, 0.15) is 11.2 Å². The normalized spacial score (nSPS) is 14.6. The van der Waals surface area contributed by atoms with Crippen LogP contribution < -0.4 is 31.9 Å². The summed E-state index contributed by atoms with van der Waals surface area (Å²) in [6.45, 7) is 2.85. The van der Waals surface area contributed by atoms with Gasteiger partial charge in [0.2, 0.25) is 17.6 Å². The predicted octanol–water partition coefficient (Wildman–Crippen LogP) is 4.86. The number of hydrogen-bond acceptors (Lipinski definition) is 9. The maximum atomic E-state index is 13.9. The lowest BCUT2D eigenvalue weighted by Gasteiger charge is -2.18. The van der Waals surface area contributed by atoms with Crippen molar-refractivity contribution in [2.24, 2.45) is 14.1 Å². The van der Waals surface area contributed by atoms with Gasteiger partial charge in [0.05, 0.1) is 17.8 Å². The van der Waals surface area contributed by atoms with Gasteiger partial charge in [0.15, 0.2) is 5.65 Å². The fourth-order valence-corrected chi connectivity index (χ4v) is 6.27. The summed E-state index contributed by atoms with van der Waals surface area (Å²) in [5.41, 5.74) is 2.08. The first-order chi connectivity index (χ1) is 23.8. The van der Waals surface area contributed by atoms with Gasteiger partial charge in [-0.3, -0.25) is 18.7 Å². The van der Waals surface area contributed by atoms with Crippen molar-refractivity contribution < 1.29 is 22.7 Å². The molecule has 12 nitrogen and oxygen atoms in total. The molecule has 2 aromatic carbocycles. The number of amides is 1. The molecule has 1 saturated heterocycles. The summed E-state index contributed by atoms with van der Waals surface area (Å²) < 4.78 is 48.8. The molecule has 16 heteroatoms. The topological polar surface area (TPSA) is 145 Å². The number of aryl methyl sites for hydroxylation is 1. The zero-order chi connectivity index (χ0) is 35.9. The highest BCUT2D eigenvalue weighted by Gasteiger charge is 2.36. The van der Waals surface area contributed by atoms with Crippen molar-refractivity contribution in [3.63, 3.8) is 0 Å². The summed E-state index contributed by atoms with van der Waals surface area (Å²) in [5.74, 6) is -1.45. The fourth-order valence-electron chi connectivity index (χ4n) is 5.95. The number of benzene rings is 2. The minimum atomic E-state index is -4.95. The number of carbonyl (C=O) groups is 1. The molecule has 0 aliphatic carbocycles. The number of nitrogens with one attached hydrogen (secondary N) is 3. The molecule has 3 aromatic heterocycles. The smallest absolute Gasteiger partial charge is 0.451 e. The highest BCUT2D eigenvalue weighted by Crippen LogP contribution is 2.40. The van der Waals surface area contributed by atoms with Gasteiger partial charge >= 0.3 is 11.9 Å². The van der Waals surface area contributed by atoms with Crippen LogP contribution in [-0.2, 0) is 31.6 Å². The molecule has 1 atom stereocenters. The molecule has 6 rings (SSSR count). The SMILES string of the molecule is COc1nc(-c2cccc(-c3cccc(Nc4nc(C(F)(F)F)nc5c4c(=O)n(C)c(=O)n5C)c3C)c2Cl)ccc1CNC[C@H]1CCC(=O)N1. The van der Waals surface area contributed by atoms with Gasteiger partial charge in [-0.2, -0.15) is 13.2 Å². The summed E-state index contributed by atoms with van der Waals surface area (Å²) in [6.07, 6.45) is -3.64. The summed E-state index contributed by atoms with van der Waals surface area (Å²) >= 11 is 7.02. The Hall–Kier alpha value is -5.28. The van der Waals surface area contributed by atoms with E-state index in [9.17, 15) is 27.6 Å². The van der Waals surface area contributed by atoms with Gasteiger partial charge in [0, 0.05) is 62.0 Å². The number of carbonyl (C=O) groups excluding carboxylic acids is 1. The molecule has 4 heterocycles. The van der Waals surface area contributed by atoms with Crippen LogP contribution in [0, 0.1) is 6.92 Å². The first kappa shape index (κ1) is 34.6. The number of pyridine rings is 1. The number of alkyl halides is 3. The lowest BCUT2D eigenvalue weighted by molar-refractivity contribution is -0.144. The highest BCUT2D eigenvalue weighted by molar-refractivity contribution is 6.36. The third-order valence-corrected chi connectivity index (χ3v) is 9.04. The molecule has 1 aliphatic heterocycles. The number of nitrogens with zero attached hydrogens (tertiary/aromatic N) is 5. The molecule has 260 valence electrons. The van der Waals surface area contributed by atoms with E-state index in [0.717, 1.165) is 21.1 Å². The Morgan fingerprint density at radius 3 is 2.40 bits per heavy atom. The van der Waals surface area contributed by atoms with Crippen LogP contribution >= 0.6 is 11.6 Å². The maximum absolute atomic E-state index is 13.9. The van der Waals surface area contributed by atoms with E-state index in [-0.39, 0.29) is 17.3 Å². The van der Waals surface area contributed by atoms with E-state index in [2.05, 4.69) is 25.9 Å². The van der Waals surface area contributed by atoms with E-state index in [1.54, 1.807) is 19.1 Å². The molecule has 1 amide bonds. The average Bonchev–Trinajstić information content (AvgIpc) is 3.51. The van der Waals surface area contributed by atoms with Crippen LogP contribution in [-0.4, -0.2) is 49.7 Å². The standard InChI is InChI=1S/C34H32ClF3N8O4/c1-17-20(7-6-10-23(17)41-28-26-29(44-32(43-28)34(36,37)38)45(2)33(49)46(3)31(26)48)21-8-5-9-22(27(21)35)24-13-11-18(30(42-24)50-4)15-39-16-19-12-14-25(47)40-19/h5-11,13,19,39H,12,14-16H2,1-4H3,(H,40,47)(H,41,43,44)/t19-/m1/s1. The highest BCUT2D eigenvalue weighted by atomic mass is 35.5. The van der Waals surface area contributed by atoms with Crippen LogP contribution in [0.4, 0.5) is 24.7 Å². The van der Waals surface area contributed by atoms with Gasteiger partial charge in [-0.15, -0.1) is 0 Å². The van der Waals surface area contributed by atoms with Crippen molar-refractivity contribution in [1.29, 1.82) is 0 Å². The average molecular weight is 709 g/mol. The van der Waals surface area contributed by atoms with Gasteiger partial charge in [-0.05, 0) is 36.6 Å². The molecule has 0 saturated carbocycles. The van der Waals surface area contributed by atoms with Crippen molar-refractivity contribution in [1.82, 2.24) is 34.7 Å².